The molecule has 0 unspecified atom stereocenters. The topological polar surface area (TPSA) is 66.0 Å². The van der Waals surface area contributed by atoms with Gasteiger partial charge in [0, 0.05) is 21.9 Å². The maximum atomic E-state index is 11.5. The van der Waals surface area contributed by atoms with Gasteiger partial charge in [0.2, 0.25) is 0 Å². The zero-order valence-corrected chi connectivity index (χ0v) is 13.0. The molecule has 4 nitrogen and oxygen atoms in total. The average molecular weight is 355 g/mol. The van der Waals surface area contributed by atoms with Crippen LogP contribution in [-0.2, 0) is 6.54 Å². The van der Waals surface area contributed by atoms with Crippen molar-refractivity contribution in [2.75, 3.05) is 0 Å². The lowest BCUT2D eigenvalue weighted by Gasteiger charge is -2.09. The van der Waals surface area contributed by atoms with Gasteiger partial charge in [-0.3, -0.25) is 0 Å². The second kappa shape index (κ2) is 5.66. The van der Waals surface area contributed by atoms with Gasteiger partial charge in [0.15, 0.2) is 0 Å². The molecule has 0 amide bonds. The van der Waals surface area contributed by atoms with Crippen LogP contribution < -0.4 is 0 Å². The van der Waals surface area contributed by atoms with Crippen molar-refractivity contribution in [3.63, 3.8) is 0 Å². The van der Waals surface area contributed by atoms with Crippen molar-refractivity contribution in [3.05, 3.63) is 69.8 Å². The van der Waals surface area contributed by atoms with Crippen LogP contribution in [0.5, 0.6) is 0 Å². The Balaban J connectivity index is 2.14. The van der Waals surface area contributed by atoms with Crippen LogP contribution in [0.2, 0.25) is 0 Å². The monoisotopic (exact) mass is 354 g/mol. The Kier molecular flexibility index (Phi) is 3.70. The number of hydrogen-bond acceptors (Lipinski definition) is 2. The number of carbonyl (C=O) groups is 1. The molecule has 1 N–H and O–H groups in total. The Bertz CT molecular complexity index is 922. The summed E-state index contributed by atoms with van der Waals surface area (Å²) in [4.78, 5) is 11.5. The lowest BCUT2D eigenvalue weighted by atomic mass is 10.1. The van der Waals surface area contributed by atoms with E-state index in [1.54, 1.807) is 28.8 Å². The van der Waals surface area contributed by atoms with E-state index in [4.69, 9.17) is 5.26 Å². The first kappa shape index (κ1) is 14.4. The lowest BCUT2D eigenvalue weighted by Crippen LogP contribution is -2.09. The zero-order chi connectivity index (χ0) is 15.7. The number of carboxylic acid groups (broad SMARTS) is 1. The van der Waals surface area contributed by atoms with Gasteiger partial charge in [-0.25, -0.2) is 4.79 Å². The minimum Gasteiger partial charge on any atom is -0.477 e. The van der Waals surface area contributed by atoms with E-state index in [1.807, 2.05) is 24.3 Å². The van der Waals surface area contributed by atoms with Crippen LogP contribution in [0, 0.1) is 11.3 Å². The number of aromatic nitrogens is 1. The molecule has 0 radical (unpaired) electrons. The molecule has 0 spiro atoms. The van der Waals surface area contributed by atoms with Crippen LogP contribution in [0.25, 0.3) is 10.9 Å². The van der Waals surface area contributed by atoms with Crippen molar-refractivity contribution in [1.29, 1.82) is 5.26 Å². The smallest absolute Gasteiger partial charge is 0.352 e. The van der Waals surface area contributed by atoms with Gasteiger partial charge in [-0.15, -0.1) is 0 Å². The average Bonchev–Trinajstić information content (AvgIpc) is 2.85. The van der Waals surface area contributed by atoms with E-state index in [0.717, 1.165) is 20.9 Å². The largest absolute Gasteiger partial charge is 0.477 e. The molecule has 5 heteroatoms. The number of fused-ring (bicyclic) bond motifs is 1. The Hall–Kier alpha value is -2.58. The highest BCUT2D eigenvalue weighted by Gasteiger charge is 2.15. The number of benzene rings is 2. The molecule has 0 saturated heterocycles. The molecule has 3 rings (SSSR count). The molecule has 1 heterocycles. The summed E-state index contributed by atoms with van der Waals surface area (Å²) in [5, 5.41) is 19.3. The predicted octanol–water partition coefficient (Wildman–Crippen LogP) is 4.02. The van der Waals surface area contributed by atoms with Gasteiger partial charge < -0.3 is 9.67 Å². The Labute approximate surface area is 135 Å². The van der Waals surface area contributed by atoms with Gasteiger partial charge in [0.25, 0.3) is 0 Å². The van der Waals surface area contributed by atoms with Gasteiger partial charge in [-0.05, 0) is 42.0 Å². The first-order valence-corrected chi connectivity index (χ1v) is 7.39. The fourth-order valence-corrected chi connectivity index (χ4v) is 2.89. The third-order valence-electron chi connectivity index (χ3n) is 3.48. The van der Waals surface area contributed by atoms with Crippen molar-refractivity contribution in [2.45, 2.75) is 6.54 Å². The quantitative estimate of drug-likeness (QED) is 0.772. The fourth-order valence-electron chi connectivity index (χ4n) is 2.51. The van der Waals surface area contributed by atoms with Crippen LogP contribution >= 0.6 is 15.9 Å². The predicted molar refractivity (Wildman–Crippen MR) is 86.9 cm³/mol. The summed E-state index contributed by atoms with van der Waals surface area (Å²) in [5.41, 5.74) is 2.54. The maximum absolute atomic E-state index is 11.5. The first-order valence-electron chi connectivity index (χ1n) is 6.59. The molecule has 0 atom stereocenters. The van der Waals surface area contributed by atoms with Gasteiger partial charge in [0.1, 0.15) is 5.69 Å². The van der Waals surface area contributed by atoms with Gasteiger partial charge >= 0.3 is 5.97 Å². The second-order valence-electron chi connectivity index (χ2n) is 4.94. The molecule has 2 aromatic carbocycles. The number of nitriles is 1. The number of hydrogen-bond donors (Lipinski definition) is 1. The molecule has 0 aliphatic heterocycles. The summed E-state index contributed by atoms with van der Waals surface area (Å²) in [6.07, 6.45) is 0. The Morgan fingerprint density at radius 3 is 2.77 bits per heavy atom. The van der Waals surface area contributed by atoms with E-state index in [-0.39, 0.29) is 5.69 Å². The van der Waals surface area contributed by atoms with Crippen LogP contribution in [-0.4, -0.2) is 15.6 Å². The molecule has 108 valence electrons. The molecule has 0 aliphatic rings. The minimum absolute atomic E-state index is 0.232. The Morgan fingerprint density at radius 2 is 2.05 bits per heavy atom. The zero-order valence-electron chi connectivity index (χ0n) is 11.5. The number of nitrogens with zero attached hydrogens (tertiary/aromatic N) is 2. The summed E-state index contributed by atoms with van der Waals surface area (Å²) in [6, 6.07) is 16.6. The highest BCUT2D eigenvalue weighted by Crippen LogP contribution is 2.25. The molecule has 22 heavy (non-hydrogen) atoms. The van der Waals surface area contributed by atoms with Crippen LogP contribution in [0.3, 0.4) is 0 Å². The number of halogens is 1. The maximum Gasteiger partial charge on any atom is 0.352 e. The fraction of sp³-hybridized carbons (Fsp3) is 0.0588. The number of carboxylic acids is 1. The molecule has 1 aromatic heterocycles. The minimum atomic E-state index is -0.969. The van der Waals surface area contributed by atoms with Crippen LogP contribution in [0.15, 0.2) is 53.0 Å². The van der Waals surface area contributed by atoms with Crippen LogP contribution in [0.4, 0.5) is 0 Å². The highest BCUT2D eigenvalue weighted by atomic mass is 79.9. The molecular weight excluding hydrogens is 344 g/mol. The Morgan fingerprint density at radius 1 is 1.23 bits per heavy atom. The lowest BCUT2D eigenvalue weighted by molar-refractivity contribution is 0.0686. The molecule has 0 saturated carbocycles. The molecule has 0 aliphatic carbocycles. The van der Waals surface area contributed by atoms with E-state index < -0.39 is 5.97 Å². The third kappa shape index (κ3) is 2.61. The van der Waals surface area contributed by atoms with Crippen molar-refractivity contribution < 1.29 is 9.90 Å². The summed E-state index contributed by atoms with van der Waals surface area (Å²) in [5.74, 6) is -0.969. The molecule has 0 bridgehead atoms. The summed E-state index contributed by atoms with van der Waals surface area (Å²) < 4.78 is 2.65. The standard InChI is InChI=1S/C17H11BrN2O2/c18-14-4-5-15-13(7-14)8-16(17(21)22)20(15)10-12-3-1-2-11(6-12)9-19/h1-8H,10H2,(H,21,22). The normalized spacial score (nSPS) is 10.5. The SMILES string of the molecule is N#Cc1cccc(Cn2c(C(=O)O)cc3cc(Br)ccc32)c1. The highest BCUT2D eigenvalue weighted by molar-refractivity contribution is 9.10. The third-order valence-corrected chi connectivity index (χ3v) is 3.97. The van der Waals surface area contributed by atoms with E-state index in [2.05, 4.69) is 22.0 Å². The van der Waals surface area contributed by atoms with Crippen molar-refractivity contribution >= 4 is 32.8 Å². The van der Waals surface area contributed by atoms with Crippen LogP contribution in [0.1, 0.15) is 21.6 Å². The summed E-state index contributed by atoms with van der Waals surface area (Å²) in [6.45, 7) is 0.405. The second-order valence-corrected chi connectivity index (χ2v) is 5.85. The van der Waals surface area contributed by atoms with Gasteiger partial charge in [0.05, 0.1) is 11.6 Å². The van der Waals surface area contributed by atoms with Crippen molar-refractivity contribution in [1.82, 2.24) is 4.57 Å². The number of rotatable bonds is 3. The van der Waals surface area contributed by atoms with Gasteiger partial charge in [-0.2, -0.15) is 5.26 Å². The number of aromatic carboxylic acids is 1. The van der Waals surface area contributed by atoms with E-state index >= 15 is 0 Å². The van der Waals surface area contributed by atoms with Gasteiger partial charge in [-0.1, -0.05) is 28.1 Å². The molecule has 0 fully saturated rings. The van der Waals surface area contributed by atoms with Crippen molar-refractivity contribution in [2.24, 2.45) is 0 Å². The molecular formula is C17H11BrN2O2. The first-order chi connectivity index (χ1) is 10.6. The van der Waals surface area contributed by atoms with Crippen molar-refractivity contribution in [3.8, 4) is 6.07 Å². The summed E-state index contributed by atoms with van der Waals surface area (Å²) >= 11 is 3.40. The van der Waals surface area contributed by atoms with E-state index in [9.17, 15) is 9.90 Å². The van der Waals surface area contributed by atoms with E-state index in [1.165, 1.54) is 0 Å². The summed E-state index contributed by atoms with van der Waals surface area (Å²) in [7, 11) is 0. The van der Waals surface area contributed by atoms with E-state index in [0.29, 0.717) is 12.1 Å². The molecule has 3 aromatic rings.